The Bertz CT molecular complexity index is 1190. The van der Waals surface area contributed by atoms with E-state index in [-0.39, 0.29) is 11.3 Å². The molecule has 0 amide bonds. The Morgan fingerprint density at radius 1 is 0.966 bits per heavy atom. The molecular weight excluding hydrogens is 368 g/mol. The molecule has 1 aromatic heterocycles. The molecule has 4 aromatic rings. The van der Waals surface area contributed by atoms with Crippen molar-refractivity contribution < 1.29 is 19.4 Å². The number of pyridine rings is 1. The zero-order chi connectivity index (χ0) is 20.2. The number of methoxy groups -OCH3 is 1. The summed E-state index contributed by atoms with van der Waals surface area (Å²) in [6, 6.07) is 22.2. The van der Waals surface area contributed by atoms with Gasteiger partial charge in [-0.3, -0.25) is 0 Å². The molecule has 4 rings (SSSR count). The van der Waals surface area contributed by atoms with Gasteiger partial charge in [-0.1, -0.05) is 36.4 Å². The first-order valence-corrected chi connectivity index (χ1v) is 8.94. The number of aromatic carboxylic acids is 1. The predicted molar refractivity (Wildman–Crippen MR) is 111 cm³/mol. The van der Waals surface area contributed by atoms with Gasteiger partial charge in [-0.2, -0.15) is 0 Å². The van der Waals surface area contributed by atoms with Gasteiger partial charge in [-0.05, 0) is 29.7 Å². The van der Waals surface area contributed by atoms with Crippen molar-refractivity contribution in [1.29, 1.82) is 0 Å². The predicted octanol–water partition coefficient (Wildman–Crippen LogP) is 5.48. The number of benzene rings is 3. The molecule has 0 aliphatic carbocycles. The normalized spacial score (nSPS) is 10.5. The van der Waals surface area contributed by atoms with E-state index in [1.54, 1.807) is 30.5 Å². The number of carboxylic acids is 1. The van der Waals surface area contributed by atoms with Gasteiger partial charge in [0, 0.05) is 29.4 Å². The Balaban J connectivity index is 1.59. The van der Waals surface area contributed by atoms with Gasteiger partial charge in [0.2, 0.25) is 0 Å². The first-order valence-electron chi connectivity index (χ1n) is 8.94. The number of hydrogen-bond acceptors (Lipinski definition) is 5. The number of fused-ring (bicyclic) bond motifs is 1. The molecule has 1 heterocycles. The average molecular weight is 386 g/mol. The highest BCUT2D eigenvalue weighted by atomic mass is 16.5. The molecule has 0 fully saturated rings. The molecule has 0 aliphatic rings. The fourth-order valence-corrected chi connectivity index (χ4v) is 3.05. The first kappa shape index (κ1) is 18.3. The Kier molecular flexibility index (Phi) is 4.99. The van der Waals surface area contributed by atoms with Crippen LogP contribution >= 0.6 is 0 Å². The third-order valence-corrected chi connectivity index (χ3v) is 4.41. The van der Waals surface area contributed by atoms with Crippen LogP contribution in [0.4, 0.5) is 11.5 Å². The topological polar surface area (TPSA) is 80.7 Å². The minimum Gasteiger partial charge on any atom is -0.496 e. The number of nitrogens with one attached hydrogen (secondary N) is 1. The molecule has 0 spiro atoms. The van der Waals surface area contributed by atoms with E-state index >= 15 is 0 Å². The quantitative estimate of drug-likeness (QED) is 0.457. The van der Waals surface area contributed by atoms with Gasteiger partial charge >= 0.3 is 5.97 Å². The van der Waals surface area contributed by atoms with Crippen molar-refractivity contribution in [3.05, 3.63) is 84.6 Å². The van der Waals surface area contributed by atoms with Gasteiger partial charge in [0.15, 0.2) is 0 Å². The third-order valence-electron chi connectivity index (χ3n) is 4.41. The number of aromatic nitrogens is 1. The van der Waals surface area contributed by atoms with Crippen LogP contribution in [0, 0.1) is 0 Å². The monoisotopic (exact) mass is 386 g/mol. The SMILES string of the molecule is COc1cc(Nc2cc(Oc3cccc4ccccc34)ccn2)ccc1C(=O)O. The molecule has 2 N–H and O–H groups in total. The van der Waals surface area contributed by atoms with E-state index in [1.807, 2.05) is 42.5 Å². The van der Waals surface area contributed by atoms with Crippen molar-refractivity contribution in [2.45, 2.75) is 0 Å². The second-order valence-electron chi connectivity index (χ2n) is 6.30. The number of anilines is 2. The third kappa shape index (κ3) is 3.96. The average Bonchev–Trinajstić information content (AvgIpc) is 2.74. The molecule has 0 bridgehead atoms. The Labute approximate surface area is 167 Å². The molecule has 0 atom stereocenters. The molecule has 3 aromatic carbocycles. The van der Waals surface area contributed by atoms with Crippen LogP contribution < -0.4 is 14.8 Å². The molecule has 0 unspecified atom stereocenters. The molecule has 0 saturated carbocycles. The zero-order valence-electron chi connectivity index (χ0n) is 15.6. The number of carbonyl (C=O) groups is 1. The second kappa shape index (κ2) is 7.90. The summed E-state index contributed by atoms with van der Waals surface area (Å²) in [6.45, 7) is 0. The van der Waals surface area contributed by atoms with E-state index in [9.17, 15) is 9.90 Å². The second-order valence-corrected chi connectivity index (χ2v) is 6.30. The summed E-state index contributed by atoms with van der Waals surface area (Å²) in [6.07, 6.45) is 1.64. The molecule has 6 heteroatoms. The Hall–Kier alpha value is -4.06. The lowest BCUT2D eigenvalue weighted by Gasteiger charge is -2.12. The van der Waals surface area contributed by atoms with Crippen LogP contribution in [0.2, 0.25) is 0 Å². The zero-order valence-corrected chi connectivity index (χ0v) is 15.6. The van der Waals surface area contributed by atoms with E-state index in [2.05, 4.69) is 10.3 Å². The van der Waals surface area contributed by atoms with Crippen LogP contribution in [0.3, 0.4) is 0 Å². The fourth-order valence-electron chi connectivity index (χ4n) is 3.05. The largest absolute Gasteiger partial charge is 0.496 e. The molecule has 29 heavy (non-hydrogen) atoms. The summed E-state index contributed by atoms with van der Waals surface area (Å²) in [5.41, 5.74) is 0.751. The highest BCUT2D eigenvalue weighted by molar-refractivity contribution is 5.92. The lowest BCUT2D eigenvalue weighted by Crippen LogP contribution is -2.01. The summed E-state index contributed by atoms with van der Waals surface area (Å²) in [4.78, 5) is 15.5. The molecular formula is C23H18N2O4. The molecule has 0 radical (unpaired) electrons. The van der Waals surface area contributed by atoms with E-state index in [0.717, 1.165) is 16.5 Å². The summed E-state index contributed by atoms with van der Waals surface area (Å²) in [5, 5.41) is 14.5. The fraction of sp³-hybridized carbons (Fsp3) is 0.0435. The molecule has 6 nitrogen and oxygen atoms in total. The van der Waals surface area contributed by atoms with Crippen LogP contribution in [0.5, 0.6) is 17.2 Å². The van der Waals surface area contributed by atoms with Gasteiger partial charge in [-0.25, -0.2) is 9.78 Å². The van der Waals surface area contributed by atoms with Gasteiger partial charge in [0.05, 0.1) is 7.11 Å². The van der Waals surface area contributed by atoms with Crippen LogP contribution in [-0.2, 0) is 0 Å². The summed E-state index contributed by atoms with van der Waals surface area (Å²) in [7, 11) is 1.43. The summed E-state index contributed by atoms with van der Waals surface area (Å²) in [5.74, 6) is 1.18. The van der Waals surface area contributed by atoms with Crippen LogP contribution in [0.15, 0.2) is 79.0 Å². The van der Waals surface area contributed by atoms with Gasteiger partial charge in [0.25, 0.3) is 0 Å². The van der Waals surface area contributed by atoms with E-state index in [0.29, 0.717) is 17.3 Å². The van der Waals surface area contributed by atoms with E-state index < -0.39 is 5.97 Å². The maximum atomic E-state index is 11.2. The van der Waals surface area contributed by atoms with Gasteiger partial charge in [-0.15, -0.1) is 0 Å². The van der Waals surface area contributed by atoms with E-state index in [4.69, 9.17) is 9.47 Å². The smallest absolute Gasteiger partial charge is 0.339 e. The van der Waals surface area contributed by atoms with Crippen molar-refractivity contribution in [3.63, 3.8) is 0 Å². The molecule has 0 saturated heterocycles. The van der Waals surface area contributed by atoms with Gasteiger partial charge in [0.1, 0.15) is 28.6 Å². The summed E-state index contributed by atoms with van der Waals surface area (Å²) < 4.78 is 11.2. The minimum atomic E-state index is -1.04. The summed E-state index contributed by atoms with van der Waals surface area (Å²) >= 11 is 0. The highest BCUT2D eigenvalue weighted by Gasteiger charge is 2.12. The van der Waals surface area contributed by atoms with Crippen LogP contribution in [0.25, 0.3) is 10.8 Å². The maximum Gasteiger partial charge on any atom is 0.339 e. The van der Waals surface area contributed by atoms with Crippen molar-refractivity contribution >= 4 is 28.2 Å². The van der Waals surface area contributed by atoms with Gasteiger partial charge < -0.3 is 19.9 Å². The van der Waals surface area contributed by atoms with Crippen molar-refractivity contribution in [2.75, 3.05) is 12.4 Å². The van der Waals surface area contributed by atoms with Crippen molar-refractivity contribution in [3.8, 4) is 17.2 Å². The lowest BCUT2D eigenvalue weighted by atomic mass is 10.1. The minimum absolute atomic E-state index is 0.0963. The maximum absolute atomic E-state index is 11.2. The van der Waals surface area contributed by atoms with Crippen molar-refractivity contribution in [1.82, 2.24) is 4.98 Å². The number of hydrogen-bond donors (Lipinski definition) is 2. The molecule has 144 valence electrons. The van der Waals surface area contributed by atoms with Crippen molar-refractivity contribution in [2.24, 2.45) is 0 Å². The van der Waals surface area contributed by atoms with E-state index in [1.165, 1.54) is 13.2 Å². The number of carboxylic acid groups (broad SMARTS) is 1. The lowest BCUT2D eigenvalue weighted by molar-refractivity contribution is 0.0693. The Morgan fingerprint density at radius 3 is 2.62 bits per heavy atom. The first-order chi connectivity index (χ1) is 14.1. The standard InChI is InChI=1S/C23H18N2O4/c1-28-21-13-16(9-10-19(21)23(26)27)25-22-14-17(11-12-24-22)29-20-8-4-6-15-5-2-3-7-18(15)20/h2-14H,1H3,(H,24,25)(H,26,27). The number of nitrogens with zero attached hydrogens (tertiary/aromatic N) is 1. The number of ether oxygens (including phenoxy) is 2. The Morgan fingerprint density at radius 2 is 1.79 bits per heavy atom. The number of rotatable bonds is 6. The molecule has 0 aliphatic heterocycles. The highest BCUT2D eigenvalue weighted by Crippen LogP contribution is 2.31. The van der Waals surface area contributed by atoms with Crippen LogP contribution in [0.1, 0.15) is 10.4 Å². The van der Waals surface area contributed by atoms with Crippen LogP contribution in [-0.4, -0.2) is 23.2 Å².